The molecular formula is C16H26N2O2. The molecule has 1 aromatic carbocycles. The van der Waals surface area contributed by atoms with Crippen molar-refractivity contribution in [1.29, 1.82) is 0 Å². The number of ether oxygens (including phenoxy) is 1. The van der Waals surface area contributed by atoms with Gasteiger partial charge >= 0.3 is 0 Å². The highest BCUT2D eigenvalue weighted by atomic mass is 16.5. The monoisotopic (exact) mass is 278 g/mol. The lowest BCUT2D eigenvalue weighted by atomic mass is 10.1. The predicted octanol–water partition coefficient (Wildman–Crippen LogP) is 2.13. The summed E-state index contributed by atoms with van der Waals surface area (Å²) < 4.78 is 5.34. The molecule has 1 aromatic rings. The standard InChI is InChI=1S/C16H26N2O2/c1-13-5-7-14(8-6-13)15(19)18-12-11-17-10-9-16(2,3)20-4/h5-8,17H,9-12H2,1-4H3,(H,18,19). The Kier molecular flexibility index (Phi) is 6.68. The SMILES string of the molecule is COC(C)(C)CCNCCNC(=O)c1ccc(C)cc1. The number of amides is 1. The molecule has 0 spiro atoms. The molecule has 112 valence electrons. The number of rotatable bonds is 8. The van der Waals surface area contributed by atoms with Gasteiger partial charge in [0.25, 0.3) is 5.91 Å². The van der Waals surface area contributed by atoms with E-state index in [1.165, 1.54) is 0 Å². The van der Waals surface area contributed by atoms with Gasteiger partial charge in [-0.1, -0.05) is 17.7 Å². The van der Waals surface area contributed by atoms with E-state index in [4.69, 9.17) is 4.74 Å². The van der Waals surface area contributed by atoms with Crippen LogP contribution in [0.1, 0.15) is 36.2 Å². The van der Waals surface area contributed by atoms with Crippen molar-refractivity contribution in [2.24, 2.45) is 0 Å². The van der Waals surface area contributed by atoms with Crippen LogP contribution in [0.4, 0.5) is 0 Å². The van der Waals surface area contributed by atoms with Gasteiger partial charge in [0.1, 0.15) is 0 Å². The Labute approximate surface area is 121 Å². The molecule has 2 N–H and O–H groups in total. The minimum absolute atomic E-state index is 0.0241. The van der Waals surface area contributed by atoms with Gasteiger partial charge < -0.3 is 15.4 Å². The summed E-state index contributed by atoms with van der Waals surface area (Å²) in [5.41, 5.74) is 1.76. The first-order valence-corrected chi connectivity index (χ1v) is 7.05. The van der Waals surface area contributed by atoms with Gasteiger partial charge in [-0.15, -0.1) is 0 Å². The van der Waals surface area contributed by atoms with Gasteiger partial charge in [-0.05, 0) is 45.9 Å². The van der Waals surface area contributed by atoms with E-state index in [0.29, 0.717) is 12.1 Å². The highest BCUT2D eigenvalue weighted by Gasteiger charge is 2.14. The van der Waals surface area contributed by atoms with E-state index in [0.717, 1.165) is 25.1 Å². The van der Waals surface area contributed by atoms with E-state index in [2.05, 4.69) is 24.5 Å². The minimum atomic E-state index is -0.0991. The van der Waals surface area contributed by atoms with Crippen molar-refractivity contribution < 1.29 is 9.53 Å². The predicted molar refractivity (Wildman–Crippen MR) is 82.1 cm³/mol. The summed E-state index contributed by atoms with van der Waals surface area (Å²) in [5.74, 6) is -0.0241. The van der Waals surface area contributed by atoms with E-state index in [9.17, 15) is 4.79 Å². The average molecular weight is 278 g/mol. The molecule has 0 aliphatic rings. The van der Waals surface area contributed by atoms with E-state index < -0.39 is 0 Å². The van der Waals surface area contributed by atoms with Crippen LogP contribution in [0.3, 0.4) is 0 Å². The Bertz CT molecular complexity index is 413. The number of nitrogens with one attached hydrogen (secondary N) is 2. The van der Waals surface area contributed by atoms with E-state index in [1.807, 2.05) is 31.2 Å². The van der Waals surface area contributed by atoms with Gasteiger partial charge in [0, 0.05) is 25.8 Å². The summed E-state index contributed by atoms with van der Waals surface area (Å²) in [6, 6.07) is 7.58. The Balaban J connectivity index is 2.15. The lowest BCUT2D eigenvalue weighted by molar-refractivity contribution is 0.0159. The quantitative estimate of drug-likeness (QED) is 0.716. The van der Waals surface area contributed by atoms with E-state index >= 15 is 0 Å². The molecule has 0 atom stereocenters. The molecule has 0 heterocycles. The Morgan fingerprint density at radius 1 is 1.15 bits per heavy atom. The van der Waals surface area contributed by atoms with Crippen LogP contribution in [-0.2, 0) is 4.74 Å². The highest BCUT2D eigenvalue weighted by Crippen LogP contribution is 2.11. The fraction of sp³-hybridized carbons (Fsp3) is 0.562. The lowest BCUT2D eigenvalue weighted by Crippen LogP contribution is -2.34. The molecule has 0 aliphatic heterocycles. The number of hydrogen-bond acceptors (Lipinski definition) is 3. The summed E-state index contributed by atoms with van der Waals surface area (Å²) >= 11 is 0. The van der Waals surface area contributed by atoms with Crippen LogP contribution in [0.5, 0.6) is 0 Å². The molecule has 1 amide bonds. The van der Waals surface area contributed by atoms with Gasteiger partial charge in [-0.3, -0.25) is 4.79 Å². The molecule has 0 saturated heterocycles. The van der Waals surface area contributed by atoms with Crippen molar-refractivity contribution in [1.82, 2.24) is 10.6 Å². The largest absolute Gasteiger partial charge is 0.379 e. The third-order valence-corrected chi connectivity index (χ3v) is 3.36. The zero-order valence-corrected chi connectivity index (χ0v) is 13.0. The second-order valence-electron chi connectivity index (χ2n) is 5.59. The molecule has 0 saturated carbocycles. The molecule has 4 nitrogen and oxygen atoms in total. The van der Waals surface area contributed by atoms with Crippen LogP contribution in [0.2, 0.25) is 0 Å². The molecule has 0 radical (unpaired) electrons. The molecule has 0 aliphatic carbocycles. The topological polar surface area (TPSA) is 50.4 Å². The summed E-state index contributed by atoms with van der Waals surface area (Å²) in [4.78, 5) is 11.8. The zero-order chi connectivity index (χ0) is 15.0. The molecule has 0 fully saturated rings. The van der Waals surface area contributed by atoms with Gasteiger partial charge in [0.15, 0.2) is 0 Å². The first-order chi connectivity index (χ1) is 9.44. The van der Waals surface area contributed by atoms with Gasteiger partial charge in [0.05, 0.1) is 5.60 Å². The third kappa shape index (κ3) is 6.17. The van der Waals surface area contributed by atoms with E-state index in [-0.39, 0.29) is 11.5 Å². The second kappa shape index (κ2) is 8.02. The average Bonchev–Trinajstić information content (AvgIpc) is 2.43. The van der Waals surface area contributed by atoms with E-state index in [1.54, 1.807) is 7.11 Å². The summed E-state index contributed by atoms with van der Waals surface area (Å²) in [6.07, 6.45) is 0.940. The molecule has 0 unspecified atom stereocenters. The number of aryl methyl sites for hydroxylation is 1. The van der Waals surface area contributed by atoms with Crippen LogP contribution in [0, 0.1) is 6.92 Å². The summed E-state index contributed by atoms with van der Waals surface area (Å²) in [6.45, 7) is 8.40. The summed E-state index contributed by atoms with van der Waals surface area (Å²) in [5, 5.41) is 6.19. The molecular weight excluding hydrogens is 252 g/mol. The van der Waals surface area contributed by atoms with Gasteiger partial charge in [-0.25, -0.2) is 0 Å². The Hall–Kier alpha value is -1.39. The van der Waals surface area contributed by atoms with Gasteiger partial charge in [-0.2, -0.15) is 0 Å². The Morgan fingerprint density at radius 3 is 2.40 bits per heavy atom. The zero-order valence-electron chi connectivity index (χ0n) is 13.0. The minimum Gasteiger partial charge on any atom is -0.379 e. The fourth-order valence-corrected chi connectivity index (χ4v) is 1.69. The van der Waals surface area contributed by atoms with Crippen LogP contribution in [-0.4, -0.2) is 38.3 Å². The molecule has 0 aromatic heterocycles. The highest BCUT2D eigenvalue weighted by molar-refractivity contribution is 5.94. The number of hydrogen-bond donors (Lipinski definition) is 2. The van der Waals surface area contributed by atoms with Crippen molar-refractivity contribution in [2.45, 2.75) is 32.8 Å². The summed E-state index contributed by atoms with van der Waals surface area (Å²) in [7, 11) is 1.72. The lowest BCUT2D eigenvalue weighted by Gasteiger charge is -2.22. The molecule has 20 heavy (non-hydrogen) atoms. The maximum Gasteiger partial charge on any atom is 0.251 e. The van der Waals surface area contributed by atoms with Crippen molar-refractivity contribution in [3.05, 3.63) is 35.4 Å². The molecule has 0 bridgehead atoms. The Morgan fingerprint density at radius 2 is 1.80 bits per heavy atom. The normalized spacial score (nSPS) is 11.4. The van der Waals surface area contributed by atoms with Crippen molar-refractivity contribution >= 4 is 5.91 Å². The molecule has 4 heteroatoms. The number of benzene rings is 1. The number of methoxy groups -OCH3 is 1. The third-order valence-electron chi connectivity index (χ3n) is 3.36. The fourth-order valence-electron chi connectivity index (χ4n) is 1.69. The van der Waals surface area contributed by atoms with Gasteiger partial charge in [0.2, 0.25) is 0 Å². The van der Waals surface area contributed by atoms with Crippen LogP contribution in [0.15, 0.2) is 24.3 Å². The second-order valence-corrected chi connectivity index (χ2v) is 5.59. The maximum absolute atomic E-state index is 11.8. The van der Waals surface area contributed by atoms with Crippen LogP contribution in [0.25, 0.3) is 0 Å². The number of carbonyl (C=O) groups excluding carboxylic acids is 1. The molecule has 1 rings (SSSR count). The van der Waals surface area contributed by atoms with Crippen LogP contribution < -0.4 is 10.6 Å². The van der Waals surface area contributed by atoms with Crippen molar-refractivity contribution in [2.75, 3.05) is 26.7 Å². The van der Waals surface area contributed by atoms with Crippen molar-refractivity contribution in [3.63, 3.8) is 0 Å². The first kappa shape index (κ1) is 16.7. The van der Waals surface area contributed by atoms with Crippen molar-refractivity contribution in [3.8, 4) is 0 Å². The first-order valence-electron chi connectivity index (χ1n) is 7.05. The maximum atomic E-state index is 11.8. The smallest absolute Gasteiger partial charge is 0.251 e. The number of carbonyl (C=O) groups is 1. The van der Waals surface area contributed by atoms with Crippen LogP contribution >= 0.6 is 0 Å².